The van der Waals surface area contributed by atoms with E-state index in [1.54, 1.807) is 0 Å². The Morgan fingerprint density at radius 1 is 1.33 bits per heavy atom. The van der Waals surface area contributed by atoms with E-state index in [4.69, 9.17) is 9.98 Å². The largest absolute Gasteiger partial charge is 0.357 e. The third kappa shape index (κ3) is 6.90. The van der Waals surface area contributed by atoms with E-state index in [-0.39, 0.29) is 24.0 Å². The quantitative estimate of drug-likeness (QED) is 0.274. The highest BCUT2D eigenvalue weighted by Gasteiger charge is 2.31. The minimum Gasteiger partial charge on any atom is -0.357 e. The summed E-state index contributed by atoms with van der Waals surface area (Å²) in [4.78, 5) is 15.0. The molecule has 3 heterocycles. The lowest BCUT2D eigenvalue weighted by molar-refractivity contribution is 0.128. The van der Waals surface area contributed by atoms with E-state index in [1.165, 1.54) is 39.8 Å². The monoisotopic (exact) mass is 561 g/mol. The summed E-state index contributed by atoms with van der Waals surface area (Å²) >= 11 is 3.69. The van der Waals surface area contributed by atoms with Crippen LogP contribution < -0.4 is 10.6 Å². The van der Waals surface area contributed by atoms with Crippen LogP contribution in [0.15, 0.2) is 22.5 Å². The van der Waals surface area contributed by atoms with E-state index in [2.05, 4.69) is 60.9 Å². The zero-order valence-corrected chi connectivity index (χ0v) is 22.6. The Morgan fingerprint density at radius 3 is 2.83 bits per heavy atom. The molecule has 2 atom stereocenters. The predicted octanol–water partition coefficient (Wildman–Crippen LogP) is 4.87. The van der Waals surface area contributed by atoms with Crippen LogP contribution in [0.2, 0.25) is 0 Å². The Labute approximate surface area is 206 Å². The number of halogens is 1. The normalized spacial score (nSPS) is 20.1. The molecule has 3 rings (SSSR count). The summed E-state index contributed by atoms with van der Waals surface area (Å²) in [6, 6.07) is 4.93. The van der Waals surface area contributed by atoms with E-state index in [0.29, 0.717) is 12.0 Å². The lowest BCUT2D eigenvalue weighted by atomic mass is 9.88. The SMILES string of the molecule is CCNC(=NCC1CCCN(C)C1c1cccs1)NCCc1nc(CC)c(C)s1.I. The minimum absolute atomic E-state index is 0. The predicted molar refractivity (Wildman–Crippen MR) is 142 cm³/mol. The number of thiophene rings is 1. The van der Waals surface area contributed by atoms with Crippen LogP contribution in [0.25, 0.3) is 0 Å². The summed E-state index contributed by atoms with van der Waals surface area (Å²) in [7, 11) is 2.25. The van der Waals surface area contributed by atoms with Gasteiger partial charge in [0.05, 0.1) is 10.7 Å². The van der Waals surface area contributed by atoms with Crippen molar-refractivity contribution in [3.8, 4) is 0 Å². The van der Waals surface area contributed by atoms with Crippen molar-refractivity contribution in [1.82, 2.24) is 20.5 Å². The molecule has 0 spiro atoms. The van der Waals surface area contributed by atoms with Gasteiger partial charge in [0.25, 0.3) is 0 Å². The van der Waals surface area contributed by atoms with Crippen LogP contribution in [-0.2, 0) is 12.8 Å². The number of likely N-dealkylation sites (tertiary alicyclic amines) is 1. The molecule has 0 aliphatic carbocycles. The highest BCUT2D eigenvalue weighted by molar-refractivity contribution is 14.0. The number of rotatable bonds is 8. The van der Waals surface area contributed by atoms with Gasteiger partial charge in [-0.25, -0.2) is 4.98 Å². The first-order valence-electron chi connectivity index (χ1n) is 10.8. The van der Waals surface area contributed by atoms with Gasteiger partial charge in [-0.05, 0) is 64.1 Å². The third-order valence-electron chi connectivity index (χ3n) is 5.57. The smallest absolute Gasteiger partial charge is 0.191 e. The fourth-order valence-electron chi connectivity index (χ4n) is 4.12. The summed E-state index contributed by atoms with van der Waals surface area (Å²) < 4.78 is 0. The molecular formula is C22H36IN5S2. The van der Waals surface area contributed by atoms with Gasteiger partial charge in [0.15, 0.2) is 5.96 Å². The zero-order valence-electron chi connectivity index (χ0n) is 18.6. The molecule has 0 bridgehead atoms. The van der Waals surface area contributed by atoms with Gasteiger partial charge in [-0.3, -0.25) is 9.89 Å². The number of piperidine rings is 1. The maximum Gasteiger partial charge on any atom is 0.191 e. The molecule has 2 N–H and O–H groups in total. The molecule has 1 saturated heterocycles. The van der Waals surface area contributed by atoms with Gasteiger partial charge in [-0.15, -0.1) is 46.7 Å². The lowest BCUT2D eigenvalue weighted by Gasteiger charge is -2.38. The number of nitrogens with zero attached hydrogens (tertiary/aromatic N) is 3. The van der Waals surface area contributed by atoms with E-state index in [0.717, 1.165) is 38.4 Å². The van der Waals surface area contributed by atoms with E-state index < -0.39 is 0 Å². The molecule has 2 unspecified atom stereocenters. The van der Waals surface area contributed by atoms with E-state index in [1.807, 2.05) is 22.7 Å². The van der Waals surface area contributed by atoms with Crippen LogP contribution >= 0.6 is 46.7 Å². The molecule has 8 heteroatoms. The first kappa shape index (κ1) is 25.5. The standard InChI is InChI=1S/C22H35N5S2.HI/c1-5-18-16(3)29-20(26-18)11-12-24-22(23-6-2)25-15-17-9-7-13-27(4)21(17)19-10-8-14-28-19;/h8,10,14,17,21H,5-7,9,11-13,15H2,1-4H3,(H2,23,24,25);1H. The van der Waals surface area contributed by atoms with Crippen molar-refractivity contribution in [2.75, 3.05) is 33.2 Å². The van der Waals surface area contributed by atoms with Gasteiger partial charge < -0.3 is 10.6 Å². The molecule has 30 heavy (non-hydrogen) atoms. The zero-order chi connectivity index (χ0) is 20.6. The number of hydrogen-bond donors (Lipinski definition) is 2. The Kier molecular flexibility index (Phi) is 11.1. The van der Waals surface area contributed by atoms with Crippen molar-refractivity contribution < 1.29 is 0 Å². The summed E-state index contributed by atoms with van der Waals surface area (Å²) in [5.41, 5.74) is 1.24. The van der Waals surface area contributed by atoms with Crippen LogP contribution in [0.1, 0.15) is 53.2 Å². The fourth-order valence-corrected chi connectivity index (χ4v) is 6.13. The van der Waals surface area contributed by atoms with E-state index >= 15 is 0 Å². The van der Waals surface area contributed by atoms with E-state index in [9.17, 15) is 0 Å². The molecule has 1 aliphatic rings. The van der Waals surface area contributed by atoms with Crippen molar-refractivity contribution >= 4 is 52.6 Å². The lowest BCUT2D eigenvalue weighted by Crippen LogP contribution is -2.40. The summed E-state index contributed by atoms with van der Waals surface area (Å²) in [6.07, 6.45) is 4.46. The Hall–Kier alpha value is -0.710. The number of aliphatic imine (C=N–C) groups is 1. The molecule has 0 amide bonds. The number of aromatic nitrogens is 1. The molecule has 1 aliphatic heterocycles. The minimum atomic E-state index is 0. The maximum absolute atomic E-state index is 4.96. The van der Waals surface area contributed by atoms with Gasteiger partial charge in [0.1, 0.15) is 0 Å². The number of hydrogen-bond acceptors (Lipinski definition) is 5. The van der Waals surface area contributed by atoms with Crippen molar-refractivity contribution in [3.63, 3.8) is 0 Å². The molecule has 2 aromatic rings. The summed E-state index contributed by atoms with van der Waals surface area (Å²) in [6.45, 7) is 10.2. The second-order valence-electron chi connectivity index (χ2n) is 7.70. The molecule has 1 fully saturated rings. The number of guanidine groups is 1. The van der Waals surface area contributed by atoms with Crippen molar-refractivity contribution in [2.45, 2.75) is 52.5 Å². The Bertz CT molecular complexity index is 775. The average Bonchev–Trinajstić information content (AvgIpc) is 3.35. The second kappa shape index (κ2) is 13.0. The van der Waals surface area contributed by atoms with Gasteiger partial charge in [-0.2, -0.15) is 0 Å². The van der Waals surface area contributed by atoms with Crippen molar-refractivity contribution in [2.24, 2.45) is 10.9 Å². The Balaban J connectivity index is 0.00000320. The highest BCUT2D eigenvalue weighted by Crippen LogP contribution is 2.37. The number of thiazole rings is 1. The maximum atomic E-state index is 4.96. The number of nitrogens with one attached hydrogen (secondary N) is 2. The third-order valence-corrected chi connectivity index (χ3v) is 7.59. The Morgan fingerprint density at radius 2 is 2.17 bits per heavy atom. The van der Waals surface area contributed by atoms with Crippen LogP contribution in [-0.4, -0.2) is 49.1 Å². The highest BCUT2D eigenvalue weighted by atomic mass is 127. The molecule has 168 valence electrons. The van der Waals surface area contributed by atoms with Gasteiger partial charge >= 0.3 is 0 Å². The van der Waals surface area contributed by atoms with Gasteiger partial charge in [-0.1, -0.05) is 13.0 Å². The molecular weight excluding hydrogens is 525 g/mol. The van der Waals surface area contributed by atoms with Gasteiger partial charge in [0, 0.05) is 41.9 Å². The van der Waals surface area contributed by atoms with Gasteiger partial charge in [0.2, 0.25) is 0 Å². The van der Waals surface area contributed by atoms with Crippen LogP contribution in [0.3, 0.4) is 0 Å². The first-order valence-corrected chi connectivity index (χ1v) is 12.5. The molecule has 0 radical (unpaired) electrons. The van der Waals surface area contributed by atoms with Crippen molar-refractivity contribution in [3.05, 3.63) is 38.0 Å². The molecule has 2 aromatic heterocycles. The number of aryl methyl sites for hydroxylation is 2. The molecule has 0 saturated carbocycles. The molecule has 0 aromatic carbocycles. The van der Waals surface area contributed by atoms with Crippen LogP contribution in [0.4, 0.5) is 0 Å². The van der Waals surface area contributed by atoms with Crippen molar-refractivity contribution in [1.29, 1.82) is 0 Å². The summed E-state index contributed by atoms with van der Waals surface area (Å²) in [5, 5.41) is 10.3. The first-order chi connectivity index (χ1) is 14.1. The molecule has 5 nitrogen and oxygen atoms in total. The fraction of sp³-hybridized carbons (Fsp3) is 0.636. The average molecular weight is 562 g/mol. The second-order valence-corrected chi connectivity index (χ2v) is 9.97. The summed E-state index contributed by atoms with van der Waals surface area (Å²) in [5.74, 6) is 1.49. The topological polar surface area (TPSA) is 52.6 Å². The van der Waals surface area contributed by atoms with Crippen LogP contribution in [0, 0.1) is 12.8 Å². The van der Waals surface area contributed by atoms with Crippen LogP contribution in [0.5, 0.6) is 0 Å².